The van der Waals surface area contributed by atoms with Crippen molar-refractivity contribution in [3.63, 3.8) is 0 Å². The molecule has 19 heavy (non-hydrogen) atoms. The monoisotopic (exact) mass is 262 g/mol. The van der Waals surface area contributed by atoms with Gasteiger partial charge in [0.1, 0.15) is 5.82 Å². The van der Waals surface area contributed by atoms with E-state index in [9.17, 15) is 0 Å². The first-order chi connectivity index (χ1) is 9.29. The van der Waals surface area contributed by atoms with Gasteiger partial charge in [0.2, 0.25) is 5.95 Å². The lowest BCUT2D eigenvalue weighted by atomic mass is 10.0. The van der Waals surface area contributed by atoms with E-state index in [2.05, 4.69) is 34.0 Å². The van der Waals surface area contributed by atoms with Crippen molar-refractivity contribution in [3.05, 3.63) is 12.3 Å². The zero-order valence-corrected chi connectivity index (χ0v) is 12.2. The Morgan fingerprint density at radius 3 is 3.11 bits per heavy atom. The summed E-state index contributed by atoms with van der Waals surface area (Å²) in [5.41, 5.74) is 0. The number of anilines is 2. The van der Waals surface area contributed by atoms with Gasteiger partial charge in [-0.05, 0) is 31.2 Å². The molecule has 1 aliphatic rings. The number of piperidine rings is 1. The molecule has 0 aliphatic carbocycles. The SMILES string of the molecule is CCCCCNc1nccc(N2CCCC(C)C2)n1. The standard InChI is InChI=1S/C15H26N4/c1-3-4-5-9-16-15-17-10-8-14(18-15)19-11-6-7-13(2)12-19/h8,10,13H,3-7,9,11-12H2,1-2H3,(H,16,17,18). The highest BCUT2D eigenvalue weighted by molar-refractivity contribution is 5.42. The van der Waals surface area contributed by atoms with Gasteiger partial charge in [-0.3, -0.25) is 0 Å². The lowest BCUT2D eigenvalue weighted by Gasteiger charge is -2.31. The largest absolute Gasteiger partial charge is 0.356 e. The van der Waals surface area contributed by atoms with Crippen LogP contribution in [-0.4, -0.2) is 29.6 Å². The summed E-state index contributed by atoms with van der Waals surface area (Å²) in [5.74, 6) is 2.61. The molecule has 0 spiro atoms. The van der Waals surface area contributed by atoms with Gasteiger partial charge in [0, 0.05) is 25.8 Å². The summed E-state index contributed by atoms with van der Waals surface area (Å²) in [6.07, 6.45) is 8.16. The molecule has 4 nitrogen and oxygen atoms in total. The Labute approximate surface area is 116 Å². The second-order valence-corrected chi connectivity index (χ2v) is 5.57. The normalized spacial score (nSPS) is 19.5. The Bertz CT molecular complexity index is 380. The molecule has 2 heterocycles. The van der Waals surface area contributed by atoms with Crippen molar-refractivity contribution in [1.29, 1.82) is 0 Å². The van der Waals surface area contributed by atoms with E-state index in [-0.39, 0.29) is 0 Å². The summed E-state index contributed by atoms with van der Waals surface area (Å²) in [6, 6.07) is 2.02. The molecule has 106 valence electrons. The number of rotatable bonds is 6. The fourth-order valence-corrected chi connectivity index (χ4v) is 2.58. The lowest BCUT2D eigenvalue weighted by molar-refractivity contribution is 0.444. The van der Waals surface area contributed by atoms with Crippen molar-refractivity contribution < 1.29 is 0 Å². The third-order valence-corrected chi connectivity index (χ3v) is 3.69. The fraction of sp³-hybridized carbons (Fsp3) is 0.733. The number of nitrogens with zero attached hydrogens (tertiary/aromatic N) is 3. The predicted molar refractivity (Wildman–Crippen MR) is 80.7 cm³/mol. The zero-order valence-electron chi connectivity index (χ0n) is 12.2. The number of nitrogens with one attached hydrogen (secondary N) is 1. The summed E-state index contributed by atoms with van der Waals surface area (Å²) in [7, 11) is 0. The van der Waals surface area contributed by atoms with E-state index >= 15 is 0 Å². The summed E-state index contributed by atoms with van der Waals surface area (Å²) < 4.78 is 0. The Hall–Kier alpha value is -1.32. The van der Waals surface area contributed by atoms with Gasteiger partial charge in [-0.2, -0.15) is 4.98 Å². The minimum absolute atomic E-state index is 0.768. The first-order valence-electron chi connectivity index (χ1n) is 7.61. The van der Waals surface area contributed by atoms with E-state index in [1.54, 1.807) is 0 Å². The van der Waals surface area contributed by atoms with Gasteiger partial charge in [-0.25, -0.2) is 4.98 Å². The third kappa shape index (κ3) is 4.37. The van der Waals surface area contributed by atoms with Crippen molar-refractivity contribution in [2.24, 2.45) is 5.92 Å². The van der Waals surface area contributed by atoms with Crippen LogP contribution >= 0.6 is 0 Å². The number of hydrogen-bond donors (Lipinski definition) is 1. The molecule has 0 aromatic carbocycles. The van der Waals surface area contributed by atoms with Gasteiger partial charge >= 0.3 is 0 Å². The smallest absolute Gasteiger partial charge is 0.224 e. The first kappa shape index (κ1) is 14.1. The van der Waals surface area contributed by atoms with Crippen LogP contribution in [-0.2, 0) is 0 Å². The maximum atomic E-state index is 4.63. The van der Waals surface area contributed by atoms with Crippen LogP contribution in [0.4, 0.5) is 11.8 Å². The summed E-state index contributed by atoms with van der Waals surface area (Å²) in [5, 5.41) is 3.32. The maximum absolute atomic E-state index is 4.63. The Morgan fingerprint density at radius 1 is 1.42 bits per heavy atom. The predicted octanol–water partition coefficient (Wildman–Crippen LogP) is 3.32. The molecule has 0 saturated carbocycles. The molecule has 1 aliphatic heterocycles. The lowest BCUT2D eigenvalue weighted by Crippen LogP contribution is -2.34. The Balaban J connectivity index is 1.90. The summed E-state index contributed by atoms with van der Waals surface area (Å²) >= 11 is 0. The second kappa shape index (κ2) is 7.31. The highest BCUT2D eigenvalue weighted by Crippen LogP contribution is 2.21. The molecule has 0 amide bonds. The molecule has 4 heteroatoms. The molecule has 0 bridgehead atoms. The average molecular weight is 262 g/mol. The molecule has 1 saturated heterocycles. The highest BCUT2D eigenvalue weighted by atomic mass is 15.2. The molecule has 1 unspecified atom stereocenters. The molecule has 1 N–H and O–H groups in total. The minimum atomic E-state index is 0.768. The fourth-order valence-electron chi connectivity index (χ4n) is 2.58. The third-order valence-electron chi connectivity index (χ3n) is 3.69. The first-order valence-corrected chi connectivity index (χ1v) is 7.61. The van der Waals surface area contributed by atoms with Crippen LogP contribution < -0.4 is 10.2 Å². The van der Waals surface area contributed by atoms with Gasteiger partial charge in [-0.1, -0.05) is 26.7 Å². The molecule has 2 rings (SSSR count). The molecule has 0 radical (unpaired) electrons. The molecular formula is C15H26N4. The van der Waals surface area contributed by atoms with Crippen molar-refractivity contribution in [2.75, 3.05) is 29.9 Å². The quantitative estimate of drug-likeness (QED) is 0.799. The van der Waals surface area contributed by atoms with E-state index in [0.717, 1.165) is 37.3 Å². The minimum Gasteiger partial charge on any atom is -0.356 e. The van der Waals surface area contributed by atoms with Gasteiger partial charge in [0.05, 0.1) is 0 Å². The van der Waals surface area contributed by atoms with E-state index in [1.807, 2.05) is 12.3 Å². The second-order valence-electron chi connectivity index (χ2n) is 5.57. The van der Waals surface area contributed by atoms with Crippen LogP contribution in [0.3, 0.4) is 0 Å². The molecular weight excluding hydrogens is 236 g/mol. The Morgan fingerprint density at radius 2 is 2.32 bits per heavy atom. The van der Waals surface area contributed by atoms with Crippen molar-refractivity contribution in [3.8, 4) is 0 Å². The van der Waals surface area contributed by atoms with Gasteiger partial charge in [0.15, 0.2) is 0 Å². The summed E-state index contributed by atoms with van der Waals surface area (Å²) in [6.45, 7) is 7.74. The average Bonchev–Trinajstić information content (AvgIpc) is 2.44. The summed E-state index contributed by atoms with van der Waals surface area (Å²) in [4.78, 5) is 11.3. The van der Waals surface area contributed by atoms with Crippen LogP contribution in [0.25, 0.3) is 0 Å². The maximum Gasteiger partial charge on any atom is 0.224 e. The zero-order chi connectivity index (χ0) is 13.5. The van der Waals surface area contributed by atoms with Gasteiger partial charge in [0.25, 0.3) is 0 Å². The van der Waals surface area contributed by atoms with E-state index in [4.69, 9.17) is 0 Å². The Kier molecular flexibility index (Phi) is 5.43. The highest BCUT2D eigenvalue weighted by Gasteiger charge is 2.17. The van der Waals surface area contributed by atoms with Crippen LogP contribution in [0, 0.1) is 5.92 Å². The van der Waals surface area contributed by atoms with Crippen LogP contribution in [0.1, 0.15) is 46.0 Å². The van der Waals surface area contributed by atoms with Crippen molar-refractivity contribution in [2.45, 2.75) is 46.0 Å². The topological polar surface area (TPSA) is 41.1 Å². The van der Waals surface area contributed by atoms with Crippen LogP contribution in [0.5, 0.6) is 0 Å². The van der Waals surface area contributed by atoms with E-state index in [0.29, 0.717) is 0 Å². The van der Waals surface area contributed by atoms with Crippen molar-refractivity contribution in [1.82, 2.24) is 9.97 Å². The number of hydrogen-bond acceptors (Lipinski definition) is 4. The molecule has 1 atom stereocenters. The van der Waals surface area contributed by atoms with Gasteiger partial charge in [-0.15, -0.1) is 0 Å². The molecule has 1 aromatic rings. The van der Waals surface area contributed by atoms with Gasteiger partial charge < -0.3 is 10.2 Å². The molecule has 1 aromatic heterocycles. The number of aromatic nitrogens is 2. The number of unbranched alkanes of at least 4 members (excludes halogenated alkanes) is 2. The van der Waals surface area contributed by atoms with E-state index < -0.39 is 0 Å². The van der Waals surface area contributed by atoms with Crippen LogP contribution in [0.15, 0.2) is 12.3 Å². The van der Waals surface area contributed by atoms with Crippen molar-refractivity contribution >= 4 is 11.8 Å². The molecule has 1 fully saturated rings. The van der Waals surface area contributed by atoms with E-state index in [1.165, 1.54) is 32.1 Å². The van der Waals surface area contributed by atoms with Crippen LogP contribution in [0.2, 0.25) is 0 Å².